The highest BCUT2D eigenvalue weighted by Crippen LogP contribution is 2.35. The average Bonchev–Trinajstić information content (AvgIpc) is 2.20. The van der Waals surface area contributed by atoms with Gasteiger partial charge in [-0.3, -0.25) is 0 Å². The van der Waals surface area contributed by atoms with Gasteiger partial charge in [-0.15, -0.1) is 0 Å². The molecule has 1 atom stereocenters. The van der Waals surface area contributed by atoms with Gasteiger partial charge in [-0.2, -0.15) is 0 Å². The number of hydrogen-bond donors (Lipinski definition) is 3. The van der Waals surface area contributed by atoms with Crippen LogP contribution in [0.5, 0.6) is 5.75 Å². The fourth-order valence-corrected chi connectivity index (χ4v) is 1.29. The van der Waals surface area contributed by atoms with Gasteiger partial charge >= 0.3 is 0 Å². The maximum absolute atomic E-state index is 13.0. The second kappa shape index (κ2) is 4.16. The van der Waals surface area contributed by atoms with E-state index in [1.807, 2.05) is 0 Å². The van der Waals surface area contributed by atoms with E-state index in [1.165, 1.54) is 12.1 Å². The first-order valence-electron chi connectivity index (χ1n) is 4.73. The van der Waals surface area contributed by atoms with Crippen molar-refractivity contribution < 1.29 is 14.6 Å². The van der Waals surface area contributed by atoms with Crippen molar-refractivity contribution in [2.24, 2.45) is 11.1 Å². The molecule has 3 nitrogen and oxygen atoms in total. The maximum atomic E-state index is 13.0. The number of phenols is 1. The Morgan fingerprint density at radius 1 is 1.47 bits per heavy atom. The van der Waals surface area contributed by atoms with Crippen LogP contribution in [0.2, 0.25) is 0 Å². The van der Waals surface area contributed by atoms with Crippen LogP contribution in [0.25, 0.3) is 0 Å². The van der Waals surface area contributed by atoms with Crippen LogP contribution >= 0.6 is 0 Å². The first-order chi connectivity index (χ1) is 6.88. The third kappa shape index (κ3) is 2.46. The highest BCUT2D eigenvalue weighted by Gasteiger charge is 2.29. The third-order valence-corrected chi connectivity index (χ3v) is 2.57. The predicted molar refractivity (Wildman–Crippen MR) is 55.9 cm³/mol. The van der Waals surface area contributed by atoms with Gasteiger partial charge in [-0.1, -0.05) is 13.8 Å². The van der Waals surface area contributed by atoms with E-state index >= 15 is 0 Å². The fourth-order valence-electron chi connectivity index (χ4n) is 1.29. The van der Waals surface area contributed by atoms with E-state index in [2.05, 4.69) is 0 Å². The van der Waals surface area contributed by atoms with E-state index in [-0.39, 0.29) is 12.4 Å². The van der Waals surface area contributed by atoms with Gasteiger partial charge < -0.3 is 15.9 Å². The zero-order valence-corrected chi connectivity index (χ0v) is 8.87. The Hall–Kier alpha value is -1.13. The summed E-state index contributed by atoms with van der Waals surface area (Å²) >= 11 is 0. The van der Waals surface area contributed by atoms with E-state index in [4.69, 9.17) is 10.8 Å². The molecule has 0 spiro atoms. The molecule has 4 heteroatoms. The smallest absolute Gasteiger partial charge is 0.123 e. The molecule has 4 N–H and O–H groups in total. The number of aliphatic hydroxyl groups excluding tert-OH is 1. The summed E-state index contributed by atoms with van der Waals surface area (Å²) in [6.45, 7) is 3.37. The Labute approximate surface area is 88.4 Å². The van der Waals surface area contributed by atoms with Crippen LogP contribution in [0, 0.1) is 11.2 Å². The Balaban J connectivity index is 3.10. The number of aromatic hydroxyl groups is 1. The standard InChI is InChI=1S/C11H16FNO2/c1-11(2,6-14)10(13)8-5-7(12)3-4-9(8)15/h3-5,10,14-15H,6,13H2,1-2H3/t10-/m0/s1. The molecule has 1 rings (SSSR count). The van der Waals surface area contributed by atoms with E-state index in [1.54, 1.807) is 13.8 Å². The Morgan fingerprint density at radius 2 is 2.07 bits per heavy atom. The van der Waals surface area contributed by atoms with Crippen LogP contribution in [0.1, 0.15) is 25.5 Å². The van der Waals surface area contributed by atoms with Gasteiger partial charge in [0, 0.05) is 23.6 Å². The van der Waals surface area contributed by atoms with Crippen LogP contribution in [0.4, 0.5) is 4.39 Å². The van der Waals surface area contributed by atoms with E-state index in [9.17, 15) is 9.50 Å². The van der Waals surface area contributed by atoms with Gasteiger partial charge in [0.25, 0.3) is 0 Å². The van der Waals surface area contributed by atoms with Crippen LogP contribution in [0.3, 0.4) is 0 Å². The zero-order valence-electron chi connectivity index (χ0n) is 8.87. The molecule has 0 aliphatic heterocycles. The van der Waals surface area contributed by atoms with Gasteiger partial charge in [0.1, 0.15) is 11.6 Å². The quantitative estimate of drug-likeness (QED) is 0.713. The fraction of sp³-hybridized carbons (Fsp3) is 0.455. The van der Waals surface area contributed by atoms with E-state index < -0.39 is 17.3 Å². The second-order valence-electron chi connectivity index (χ2n) is 4.33. The SMILES string of the molecule is CC(C)(CO)[C@@H](N)c1cc(F)ccc1O. The van der Waals surface area contributed by atoms with Crippen molar-refractivity contribution in [3.8, 4) is 5.75 Å². The maximum Gasteiger partial charge on any atom is 0.123 e. The Morgan fingerprint density at radius 3 is 2.60 bits per heavy atom. The first kappa shape index (κ1) is 11.9. The van der Waals surface area contributed by atoms with Crippen molar-refractivity contribution >= 4 is 0 Å². The van der Waals surface area contributed by atoms with Crippen LogP contribution in [-0.2, 0) is 0 Å². The summed E-state index contributed by atoms with van der Waals surface area (Å²) in [5, 5.41) is 18.7. The van der Waals surface area contributed by atoms with Crippen molar-refractivity contribution in [1.82, 2.24) is 0 Å². The summed E-state index contributed by atoms with van der Waals surface area (Å²) in [6.07, 6.45) is 0. The van der Waals surface area contributed by atoms with Crippen molar-refractivity contribution in [2.45, 2.75) is 19.9 Å². The lowest BCUT2D eigenvalue weighted by atomic mass is 9.81. The number of hydrogen-bond acceptors (Lipinski definition) is 3. The highest BCUT2D eigenvalue weighted by atomic mass is 19.1. The number of phenolic OH excluding ortho intramolecular Hbond substituents is 1. The number of nitrogens with two attached hydrogens (primary N) is 1. The number of halogens is 1. The van der Waals surface area contributed by atoms with Gasteiger partial charge in [-0.25, -0.2) is 4.39 Å². The summed E-state index contributed by atoms with van der Waals surface area (Å²) in [6, 6.07) is 3.01. The van der Waals surface area contributed by atoms with Gasteiger partial charge in [0.2, 0.25) is 0 Å². The molecule has 0 fully saturated rings. The van der Waals surface area contributed by atoms with Crippen molar-refractivity contribution in [3.05, 3.63) is 29.6 Å². The molecular formula is C11H16FNO2. The van der Waals surface area contributed by atoms with Crippen molar-refractivity contribution in [2.75, 3.05) is 6.61 Å². The van der Waals surface area contributed by atoms with E-state index in [0.717, 1.165) is 6.07 Å². The molecule has 0 aromatic heterocycles. The minimum Gasteiger partial charge on any atom is -0.508 e. The highest BCUT2D eigenvalue weighted by molar-refractivity contribution is 5.36. The summed E-state index contributed by atoms with van der Waals surface area (Å²) in [4.78, 5) is 0. The molecular weight excluding hydrogens is 197 g/mol. The van der Waals surface area contributed by atoms with Crippen molar-refractivity contribution in [3.63, 3.8) is 0 Å². The lowest BCUT2D eigenvalue weighted by Crippen LogP contribution is -2.32. The summed E-state index contributed by atoms with van der Waals surface area (Å²) in [5.74, 6) is -0.502. The number of rotatable bonds is 3. The minimum atomic E-state index is -0.613. The Bertz CT molecular complexity index is 352. The zero-order chi connectivity index (χ0) is 11.6. The Kier molecular flexibility index (Phi) is 3.31. The number of benzene rings is 1. The molecule has 0 bridgehead atoms. The van der Waals surface area contributed by atoms with E-state index in [0.29, 0.717) is 5.56 Å². The van der Waals surface area contributed by atoms with Crippen LogP contribution in [-0.4, -0.2) is 16.8 Å². The molecule has 0 radical (unpaired) electrons. The van der Waals surface area contributed by atoms with Gasteiger partial charge in [0.05, 0.1) is 0 Å². The molecule has 84 valence electrons. The van der Waals surface area contributed by atoms with Gasteiger partial charge in [0.15, 0.2) is 0 Å². The van der Waals surface area contributed by atoms with Gasteiger partial charge in [-0.05, 0) is 18.2 Å². The molecule has 1 aromatic rings. The molecule has 0 unspecified atom stereocenters. The summed E-state index contributed by atoms with van der Waals surface area (Å²) in [7, 11) is 0. The normalized spacial score (nSPS) is 13.9. The molecule has 1 aromatic carbocycles. The molecule has 0 heterocycles. The van der Waals surface area contributed by atoms with Crippen LogP contribution < -0.4 is 5.73 Å². The van der Waals surface area contributed by atoms with Crippen LogP contribution in [0.15, 0.2) is 18.2 Å². The summed E-state index contributed by atoms with van der Waals surface area (Å²) in [5.41, 5.74) is 5.57. The monoisotopic (exact) mass is 213 g/mol. The first-order valence-corrected chi connectivity index (χ1v) is 4.73. The predicted octanol–water partition coefficient (Wildman–Crippen LogP) is 1.55. The third-order valence-electron chi connectivity index (χ3n) is 2.57. The lowest BCUT2D eigenvalue weighted by molar-refractivity contribution is 0.131. The minimum absolute atomic E-state index is 0.0505. The number of aliphatic hydroxyl groups is 1. The molecule has 15 heavy (non-hydrogen) atoms. The average molecular weight is 213 g/mol. The molecule has 0 aliphatic rings. The molecule has 0 saturated carbocycles. The summed E-state index contributed by atoms with van der Waals surface area (Å²) < 4.78 is 13.0. The second-order valence-corrected chi connectivity index (χ2v) is 4.33. The molecule has 0 aliphatic carbocycles. The molecule has 0 saturated heterocycles. The largest absolute Gasteiger partial charge is 0.508 e. The molecule has 0 amide bonds. The van der Waals surface area contributed by atoms with Crippen molar-refractivity contribution in [1.29, 1.82) is 0 Å². The topological polar surface area (TPSA) is 66.5 Å². The lowest BCUT2D eigenvalue weighted by Gasteiger charge is -2.30.